The molecular formula is C19H28ClIN4O2. The van der Waals surface area contributed by atoms with Gasteiger partial charge < -0.3 is 19.8 Å². The van der Waals surface area contributed by atoms with Gasteiger partial charge in [0.15, 0.2) is 5.96 Å². The highest BCUT2D eigenvalue weighted by Crippen LogP contribution is 2.23. The maximum Gasteiger partial charge on any atom is 0.213 e. The molecule has 0 radical (unpaired) electrons. The van der Waals surface area contributed by atoms with E-state index in [1.165, 1.54) is 0 Å². The summed E-state index contributed by atoms with van der Waals surface area (Å²) in [6.07, 6.45) is 2.55. The van der Waals surface area contributed by atoms with Gasteiger partial charge in [-0.2, -0.15) is 0 Å². The normalized spacial score (nSPS) is 11.7. The number of ether oxygens (including phenoxy) is 1. The number of guanidine groups is 1. The molecule has 150 valence electrons. The van der Waals surface area contributed by atoms with Crippen LogP contribution in [0.4, 0.5) is 0 Å². The van der Waals surface area contributed by atoms with Crippen LogP contribution >= 0.6 is 35.6 Å². The zero-order chi connectivity index (χ0) is 19.2. The van der Waals surface area contributed by atoms with Crippen molar-refractivity contribution in [2.24, 2.45) is 4.99 Å². The molecule has 0 saturated carbocycles. The van der Waals surface area contributed by atoms with Crippen molar-refractivity contribution in [1.82, 2.24) is 15.6 Å². The van der Waals surface area contributed by atoms with Crippen molar-refractivity contribution in [3.8, 4) is 5.75 Å². The quantitative estimate of drug-likeness (QED) is 0.350. The van der Waals surface area contributed by atoms with E-state index >= 15 is 0 Å². The highest BCUT2D eigenvalue weighted by atomic mass is 127. The number of benzene rings is 1. The summed E-state index contributed by atoms with van der Waals surface area (Å²) in [5.41, 5.74) is 1.00. The molecule has 2 rings (SSSR count). The van der Waals surface area contributed by atoms with Crippen molar-refractivity contribution >= 4 is 41.5 Å². The number of oxazole rings is 1. The zero-order valence-electron chi connectivity index (χ0n) is 16.4. The fourth-order valence-corrected chi connectivity index (χ4v) is 2.56. The van der Waals surface area contributed by atoms with Gasteiger partial charge in [-0.05, 0) is 24.1 Å². The van der Waals surface area contributed by atoms with Gasteiger partial charge >= 0.3 is 0 Å². The molecule has 0 fully saturated rings. The fraction of sp³-hybridized carbons (Fsp3) is 0.474. The summed E-state index contributed by atoms with van der Waals surface area (Å²) in [7, 11) is 3.35. The number of rotatable bonds is 6. The minimum absolute atomic E-state index is 0. The van der Waals surface area contributed by atoms with Crippen molar-refractivity contribution in [1.29, 1.82) is 0 Å². The standard InChI is InChI=1S/C19H27ClN4O2.HI/c1-19(2,3)16-11-23-17(26-16)12-24-18(21-4)22-9-8-13-6-7-14(25-5)10-15(13)20;/h6-7,10-11H,8-9,12H2,1-5H3,(H2,21,22,24);1H. The van der Waals surface area contributed by atoms with Crippen LogP contribution in [0.3, 0.4) is 0 Å². The Labute approximate surface area is 183 Å². The highest BCUT2D eigenvalue weighted by molar-refractivity contribution is 14.0. The summed E-state index contributed by atoms with van der Waals surface area (Å²) in [6.45, 7) is 7.45. The molecule has 0 aliphatic heterocycles. The van der Waals surface area contributed by atoms with E-state index in [1.54, 1.807) is 20.4 Å². The number of methoxy groups -OCH3 is 1. The molecule has 0 spiro atoms. The van der Waals surface area contributed by atoms with Crippen LogP contribution in [-0.2, 0) is 18.4 Å². The average molecular weight is 507 g/mol. The maximum absolute atomic E-state index is 6.26. The number of hydrogen-bond donors (Lipinski definition) is 2. The lowest BCUT2D eigenvalue weighted by Gasteiger charge is -2.13. The topological polar surface area (TPSA) is 71.7 Å². The van der Waals surface area contributed by atoms with Crippen LogP contribution in [0.5, 0.6) is 5.75 Å². The molecule has 0 unspecified atom stereocenters. The molecule has 1 heterocycles. The van der Waals surface area contributed by atoms with E-state index in [0.717, 1.165) is 23.5 Å². The molecule has 8 heteroatoms. The molecule has 0 aliphatic rings. The van der Waals surface area contributed by atoms with E-state index in [4.69, 9.17) is 20.8 Å². The molecule has 0 saturated heterocycles. The molecule has 1 aromatic carbocycles. The first-order valence-electron chi connectivity index (χ1n) is 8.55. The number of halogens is 2. The Morgan fingerprint density at radius 1 is 1.30 bits per heavy atom. The van der Waals surface area contributed by atoms with E-state index in [1.807, 2.05) is 18.2 Å². The minimum Gasteiger partial charge on any atom is -0.497 e. The average Bonchev–Trinajstić information content (AvgIpc) is 3.08. The molecular weight excluding hydrogens is 479 g/mol. The lowest BCUT2D eigenvalue weighted by molar-refractivity contribution is 0.379. The largest absolute Gasteiger partial charge is 0.497 e. The maximum atomic E-state index is 6.26. The van der Waals surface area contributed by atoms with E-state index in [2.05, 4.69) is 41.4 Å². The molecule has 2 aromatic rings. The molecule has 0 amide bonds. The highest BCUT2D eigenvalue weighted by Gasteiger charge is 2.19. The number of nitrogens with zero attached hydrogens (tertiary/aromatic N) is 2. The van der Waals surface area contributed by atoms with Gasteiger partial charge in [-0.25, -0.2) is 4.98 Å². The lowest BCUT2D eigenvalue weighted by atomic mass is 9.94. The third kappa shape index (κ3) is 7.21. The van der Waals surface area contributed by atoms with Gasteiger partial charge in [0.05, 0.1) is 19.9 Å². The van der Waals surface area contributed by atoms with Crippen LogP contribution in [0.15, 0.2) is 33.8 Å². The summed E-state index contributed by atoms with van der Waals surface area (Å²) in [6, 6.07) is 5.70. The van der Waals surface area contributed by atoms with Crippen LogP contribution in [0.1, 0.15) is 38.0 Å². The molecule has 0 bridgehead atoms. The predicted octanol–water partition coefficient (Wildman–Crippen LogP) is 4.16. The Hall–Kier alpha value is -1.48. The van der Waals surface area contributed by atoms with Crippen molar-refractivity contribution < 1.29 is 9.15 Å². The predicted molar refractivity (Wildman–Crippen MR) is 121 cm³/mol. The van der Waals surface area contributed by atoms with E-state index in [0.29, 0.717) is 30.0 Å². The Morgan fingerprint density at radius 2 is 2.04 bits per heavy atom. The summed E-state index contributed by atoms with van der Waals surface area (Å²) >= 11 is 6.26. The number of nitrogens with one attached hydrogen (secondary N) is 2. The van der Waals surface area contributed by atoms with Crippen LogP contribution in [0.2, 0.25) is 5.02 Å². The van der Waals surface area contributed by atoms with Gasteiger partial charge in [-0.1, -0.05) is 38.4 Å². The molecule has 0 aliphatic carbocycles. The van der Waals surface area contributed by atoms with Gasteiger partial charge in [0, 0.05) is 24.0 Å². The third-order valence-corrected chi connectivity index (χ3v) is 4.22. The Balaban J connectivity index is 0.00000364. The van der Waals surface area contributed by atoms with Gasteiger partial charge in [0.25, 0.3) is 0 Å². The molecule has 6 nitrogen and oxygen atoms in total. The van der Waals surface area contributed by atoms with Gasteiger partial charge in [-0.15, -0.1) is 24.0 Å². The van der Waals surface area contributed by atoms with Gasteiger partial charge in [0.2, 0.25) is 5.89 Å². The molecule has 0 atom stereocenters. The molecule has 27 heavy (non-hydrogen) atoms. The van der Waals surface area contributed by atoms with Crippen LogP contribution in [0, 0.1) is 0 Å². The Bertz CT molecular complexity index is 756. The molecule has 2 N–H and O–H groups in total. The second-order valence-corrected chi connectivity index (χ2v) is 7.34. The second kappa shape index (κ2) is 10.8. The minimum atomic E-state index is -0.0528. The summed E-state index contributed by atoms with van der Waals surface area (Å²) in [5.74, 6) is 2.94. The monoisotopic (exact) mass is 506 g/mol. The van der Waals surface area contributed by atoms with Crippen molar-refractivity contribution in [2.75, 3.05) is 20.7 Å². The summed E-state index contributed by atoms with van der Waals surface area (Å²) in [4.78, 5) is 8.52. The fourth-order valence-electron chi connectivity index (χ4n) is 2.29. The lowest BCUT2D eigenvalue weighted by Crippen LogP contribution is -2.37. The van der Waals surface area contributed by atoms with Crippen LogP contribution in [-0.4, -0.2) is 31.6 Å². The van der Waals surface area contributed by atoms with Crippen molar-refractivity contribution in [3.05, 3.63) is 46.6 Å². The van der Waals surface area contributed by atoms with Gasteiger partial charge in [-0.3, -0.25) is 4.99 Å². The smallest absolute Gasteiger partial charge is 0.213 e. The SMILES string of the molecule is CN=C(NCCc1ccc(OC)cc1Cl)NCc1ncc(C(C)(C)C)o1.I. The summed E-state index contributed by atoms with van der Waals surface area (Å²) < 4.78 is 10.9. The van der Waals surface area contributed by atoms with Crippen molar-refractivity contribution in [2.45, 2.75) is 39.2 Å². The summed E-state index contributed by atoms with van der Waals surface area (Å²) in [5, 5.41) is 7.16. The first-order chi connectivity index (χ1) is 12.3. The molecule has 1 aromatic heterocycles. The van der Waals surface area contributed by atoms with Crippen LogP contribution in [0.25, 0.3) is 0 Å². The van der Waals surface area contributed by atoms with Gasteiger partial charge in [0.1, 0.15) is 11.5 Å². The van der Waals surface area contributed by atoms with Crippen molar-refractivity contribution in [3.63, 3.8) is 0 Å². The van der Waals surface area contributed by atoms with E-state index in [9.17, 15) is 0 Å². The number of aromatic nitrogens is 1. The van der Waals surface area contributed by atoms with Crippen LogP contribution < -0.4 is 15.4 Å². The second-order valence-electron chi connectivity index (χ2n) is 6.93. The Morgan fingerprint density at radius 3 is 2.59 bits per heavy atom. The number of aliphatic imine (C=N–C) groups is 1. The third-order valence-electron chi connectivity index (χ3n) is 3.87. The first-order valence-corrected chi connectivity index (χ1v) is 8.93. The van der Waals surface area contributed by atoms with E-state index in [-0.39, 0.29) is 29.4 Å². The Kier molecular flexibility index (Phi) is 9.38. The number of hydrogen-bond acceptors (Lipinski definition) is 4. The first kappa shape index (κ1) is 23.6. The zero-order valence-corrected chi connectivity index (χ0v) is 19.5. The van der Waals surface area contributed by atoms with E-state index < -0.39 is 0 Å².